The highest BCUT2D eigenvalue weighted by atomic mass is 32.2. The average molecular weight is 319 g/mol. The lowest BCUT2D eigenvalue weighted by Gasteiger charge is -2.15. The standard InChI is InChI=1S/C17H21NO3S/c1-14-7-9-17(10-8-14)22(20,21)18-12-16(13-19)11-15-5-3-2-4-6-15/h2-10,16,18-19H,11-13H2,1H3. The van der Waals surface area contributed by atoms with Gasteiger partial charge in [-0.3, -0.25) is 0 Å². The molecule has 0 fully saturated rings. The topological polar surface area (TPSA) is 66.4 Å². The Labute approximate surface area is 131 Å². The summed E-state index contributed by atoms with van der Waals surface area (Å²) in [5.41, 5.74) is 2.09. The Morgan fingerprint density at radius 3 is 2.27 bits per heavy atom. The summed E-state index contributed by atoms with van der Waals surface area (Å²) in [7, 11) is -3.54. The fraction of sp³-hybridized carbons (Fsp3) is 0.294. The first-order valence-corrected chi connectivity index (χ1v) is 8.70. The molecule has 22 heavy (non-hydrogen) atoms. The first-order valence-electron chi connectivity index (χ1n) is 7.22. The van der Waals surface area contributed by atoms with Gasteiger partial charge in [0, 0.05) is 13.2 Å². The maximum absolute atomic E-state index is 12.2. The molecule has 2 N–H and O–H groups in total. The molecule has 0 heterocycles. The quantitative estimate of drug-likeness (QED) is 0.821. The van der Waals surface area contributed by atoms with E-state index >= 15 is 0 Å². The third-order valence-electron chi connectivity index (χ3n) is 3.52. The predicted molar refractivity (Wildman–Crippen MR) is 87.1 cm³/mol. The maximum Gasteiger partial charge on any atom is 0.240 e. The van der Waals surface area contributed by atoms with Gasteiger partial charge in [0.05, 0.1) is 4.90 Å². The number of hydrogen-bond acceptors (Lipinski definition) is 3. The number of aryl methyl sites for hydroxylation is 1. The number of hydrogen-bond donors (Lipinski definition) is 2. The van der Waals surface area contributed by atoms with Gasteiger partial charge in [0.15, 0.2) is 0 Å². The molecule has 2 aromatic rings. The molecule has 0 aromatic heterocycles. The number of nitrogens with one attached hydrogen (secondary N) is 1. The second-order valence-electron chi connectivity index (χ2n) is 5.40. The Balaban J connectivity index is 1.99. The number of aliphatic hydroxyl groups is 1. The van der Waals surface area contributed by atoms with E-state index in [1.54, 1.807) is 24.3 Å². The van der Waals surface area contributed by atoms with Gasteiger partial charge in [-0.15, -0.1) is 0 Å². The molecule has 118 valence electrons. The van der Waals surface area contributed by atoms with E-state index in [1.165, 1.54) is 0 Å². The second-order valence-corrected chi connectivity index (χ2v) is 7.17. The summed E-state index contributed by atoms with van der Waals surface area (Å²) in [6, 6.07) is 16.4. The van der Waals surface area contributed by atoms with Crippen LogP contribution in [0.15, 0.2) is 59.5 Å². The zero-order valence-electron chi connectivity index (χ0n) is 12.6. The molecule has 0 amide bonds. The largest absolute Gasteiger partial charge is 0.396 e. The summed E-state index contributed by atoms with van der Waals surface area (Å²) in [5.74, 6) is -0.150. The lowest BCUT2D eigenvalue weighted by molar-refractivity contribution is 0.227. The van der Waals surface area contributed by atoms with Crippen molar-refractivity contribution < 1.29 is 13.5 Å². The van der Waals surface area contributed by atoms with Crippen LogP contribution in [-0.2, 0) is 16.4 Å². The van der Waals surface area contributed by atoms with Gasteiger partial charge < -0.3 is 5.11 Å². The summed E-state index contributed by atoms with van der Waals surface area (Å²) >= 11 is 0. The highest BCUT2D eigenvalue weighted by Crippen LogP contribution is 2.12. The Morgan fingerprint density at radius 1 is 1.05 bits per heavy atom. The highest BCUT2D eigenvalue weighted by molar-refractivity contribution is 7.89. The van der Waals surface area contributed by atoms with Crippen LogP contribution in [0.3, 0.4) is 0 Å². The molecule has 1 unspecified atom stereocenters. The van der Waals surface area contributed by atoms with E-state index < -0.39 is 10.0 Å². The van der Waals surface area contributed by atoms with Crippen molar-refractivity contribution in [2.45, 2.75) is 18.2 Å². The van der Waals surface area contributed by atoms with Crippen molar-refractivity contribution in [3.8, 4) is 0 Å². The molecule has 0 saturated carbocycles. The Kier molecular flexibility index (Phi) is 5.71. The van der Waals surface area contributed by atoms with E-state index in [-0.39, 0.29) is 24.0 Å². The minimum absolute atomic E-state index is 0.0642. The van der Waals surface area contributed by atoms with Crippen LogP contribution < -0.4 is 4.72 Å². The van der Waals surface area contributed by atoms with Gasteiger partial charge in [0.25, 0.3) is 0 Å². The third kappa shape index (κ3) is 4.66. The summed E-state index contributed by atoms with van der Waals surface area (Å²) in [6.45, 7) is 2.05. The van der Waals surface area contributed by atoms with E-state index in [2.05, 4.69) is 4.72 Å². The highest BCUT2D eigenvalue weighted by Gasteiger charge is 2.16. The van der Waals surface area contributed by atoms with Crippen LogP contribution in [0.4, 0.5) is 0 Å². The smallest absolute Gasteiger partial charge is 0.240 e. The van der Waals surface area contributed by atoms with E-state index in [0.29, 0.717) is 6.42 Å². The Morgan fingerprint density at radius 2 is 1.68 bits per heavy atom. The van der Waals surface area contributed by atoms with Crippen LogP contribution in [0.2, 0.25) is 0 Å². The van der Waals surface area contributed by atoms with Gasteiger partial charge in [-0.1, -0.05) is 48.0 Å². The maximum atomic E-state index is 12.2. The molecule has 0 saturated heterocycles. The molecular formula is C17H21NO3S. The second kappa shape index (κ2) is 7.54. The normalized spacial score (nSPS) is 13.0. The minimum Gasteiger partial charge on any atom is -0.396 e. The number of rotatable bonds is 7. The first-order chi connectivity index (χ1) is 10.5. The molecule has 2 rings (SSSR count). The van der Waals surface area contributed by atoms with Gasteiger partial charge in [-0.05, 0) is 37.0 Å². The summed E-state index contributed by atoms with van der Waals surface area (Å²) in [4.78, 5) is 0.245. The van der Waals surface area contributed by atoms with E-state index in [1.807, 2.05) is 37.3 Å². The van der Waals surface area contributed by atoms with Crippen LogP contribution in [0.1, 0.15) is 11.1 Å². The van der Waals surface area contributed by atoms with Gasteiger partial charge in [0.1, 0.15) is 0 Å². The van der Waals surface area contributed by atoms with Gasteiger partial charge in [-0.2, -0.15) is 0 Å². The molecule has 2 aromatic carbocycles. The fourth-order valence-corrected chi connectivity index (χ4v) is 3.29. The zero-order chi connectivity index (χ0) is 16.0. The van der Waals surface area contributed by atoms with Gasteiger partial charge in [-0.25, -0.2) is 13.1 Å². The van der Waals surface area contributed by atoms with Crippen molar-refractivity contribution >= 4 is 10.0 Å². The molecule has 0 aliphatic heterocycles. The molecular weight excluding hydrogens is 298 g/mol. The summed E-state index contributed by atoms with van der Waals surface area (Å²) in [5, 5.41) is 9.46. The number of benzene rings is 2. The molecule has 4 nitrogen and oxygen atoms in total. The van der Waals surface area contributed by atoms with Crippen molar-refractivity contribution in [3.05, 3.63) is 65.7 Å². The van der Waals surface area contributed by atoms with E-state index in [0.717, 1.165) is 11.1 Å². The van der Waals surface area contributed by atoms with E-state index in [4.69, 9.17) is 0 Å². The molecule has 1 atom stereocenters. The average Bonchev–Trinajstić information content (AvgIpc) is 2.53. The van der Waals surface area contributed by atoms with Crippen molar-refractivity contribution in [3.63, 3.8) is 0 Å². The van der Waals surface area contributed by atoms with Crippen molar-refractivity contribution in [2.24, 2.45) is 5.92 Å². The number of aliphatic hydroxyl groups excluding tert-OH is 1. The lowest BCUT2D eigenvalue weighted by atomic mass is 10.0. The summed E-state index contributed by atoms with van der Waals surface area (Å²) < 4.78 is 27.0. The molecule has 0 bridgehead atoms. The van der Waals surface area contributed by atoms with Crippen LogP contribution in [-0.4, -0.2) is 26.7 Å². The van der Waals surface area contributed by atoms with Crippen LogP contribution in [0.25, 0.3) is 0 Å². The molecule has 0 radical (unpaired) electrons. The molecule has 0 aliphatic rings. The zero-order valence-corrected chi connectivity index (χ0v) is 13.4. The van der Waals surface area contributed by atoms with Gasteiger partial charge in [0.2, 0.25) is 10.0 Å². The van der Waals surface area contributed by atoms with Crippen LogP contribution >= 0.6 is 0 Å². The summed E-state index contributed by atoms with van der Waals surface area (Å²) in [6.07, 6.45) is 0.633. The van der Waals surface area contributed by atoms with Crippen molar-refractivity contribution in [1.29, 1.82) is 0 Å². The monoisotopic (exact) mass is 319 g/mol. The van der Waals surface area contributed by atoms with Crippen molar-refractivity contribution in [1.82, 2.24) is 4.72 Å². The third-order valence-corrected chi connectivity index (χ3v) is 4.96. The molecule has 5 heteroatoms. The lowest BCUT2D eigenvalue weighted by Crippen LogP contribution is -2.31. The predicted octanol–water partition coefficient (Wildman–Crippen LogP) is 2.12. The van der Waals surface area contributed by atoms with E-state index in [9.17, 15) is 13.5 Å². The van der Waals surface area contributed by atoms with Crippen LogP contribution in [0, 0.1) is 12.8 Å². The molecule has 0 aliphatic carbocycles. The minimum atomic E-state index is -3.54. The Hall–Kier alpha value is -1.69. The SMILES string of the molecule is Cc1ccc(S(=O)(=O)NCC(CO)Cc2ccccc2)cc1. The molecule has 0 spiro atoms. The number of sulfonamides is 1. The van der Waals surface area contributed by atoms with Crippen LogP contribution in [0.5, 0.6) is 0 Å². The first kappa shape index (κ1) is 16.7. The Bertz CT molecular complexity index is 682. The van der Waals surface area contributed by atoms with Gasteiger partial charge >= 0.3 is 0 Å². The van der Waals surface area contributed by atoms with Crippen molar-refractivity contribution in [2.75, 3.05) is 13.2 Å². The fourth-order valence-electron chi connectivity index (χ4n) is 2.18.